The molecule has 1 saturated heterocycles. The van der Waals surface area contributed by atoms with Crippen molar-refractivity contribution in [1.29, 1.82) is 0 Å². The quantitative estimate of drug-likeness (QED) is 0.721. The molecular weight excluding hydrogens is 421 g/mol. The van der Waals surface area contributed by atoms with Gasteiger partial charge in [0.05, 0.1) is 9.21 Å². The Hall–Kier alpha value is -0.370. The molecule has 0 atom stereocenters. The molecule has 0 aromatic carbocycles. The molecule has 0 bridgehead atoms. The zero-order valence-electron chi connectivity index (χ0n) is 13.9. The summed E-state index contributed by atoms with van der Waals surface area (Å²) in [6, 6.07) is 3.81. The highest BCUT2D eigenvalue weighted by atomic mass is 35.5. The van der Waals surface area contributed by atoms with E-state index in [-0.39, 0.29) is 30.7 Å². The van der Waals surface area contributed by atoms with Crippen molar-refractivity contribution in [3.05, 3.63) is 27.5 Å². The third-order valence-electron chi connectivity index (χ3n) is 4.21. The molecular formula is C16H22Cl3N3OS2. The lowest BCUT2D eigenvalue weighted by molar-refractivity contribution is 0.0682. The summed E-state index contributed by atoms with van der Waals surface area (Å²) in [4.78, 5) is 20.1. The minimum absolute atomic E-state index is 0. The number of halogens is 3. The fourth-order valence-electron chi connectivity index (χ4n) is 2.85. The van der Waals surface area contributed by atoms with Crippen LogP contribution in [0.2, 0.25) is 4.34 Å². The molecule has 1 aliphatic heterocycles. The summed E-state index contributed by atoms with van der Waals surface area (Å²) in [7, 11) is 1.99. The second-order valence-electron chi connectivity index (χ2n) is 5.77. The van der Waals surface area contributed by atoms with E-state index in [9.17, 15) is 4.79 Å². The smallest absolute Gasteiger partial charge is 0.273 e. The standard InChI is InChI=1S/C16H20ClN3OS2.2ClH/c1-18-7-4-11-5-8-20(9-6-11)16(21)12-10-22-15(19-12)13-2-3-14(17)23-13;;/h2-3,10-11,18H,4-9H2,1H3;2*1H. The summed E-state index contributed by atoms with van der Waals surface area (Å²) in [6.07, 6.45) is 3.37. The van der Waals surface area contributed by atoms with Crippen LogP contribution in [-0.4, -0.2) is 42.5 Å². The van der Waals surface area contributed by atoms with Gasteiger partial charge in [-0.15, -0.1) is 47.5 Å². The number of aromatic nitrogens is 1. The van der Waals surface area contributed by atoms with Gasteiger partial charge >= 0.3 is 0 Å². The van der Waals surface area contributed by atoms with Crippen LogP contribution < -0.4 is 5.32 Å². The minimum atomic E-state index is 0. The second-order valence-corrected chi connectivity index (χ2v) is 8.34. The van der Waals surface area contributed by atoms with Gasteiger partial charge in [-0.05, 0) is 50.9 Å². The van der Waals surface area contributed by atoms with E-state index in [2.05, 4.69) is 10.3 Å². The highest BCUT2D eigenvalue weighted by Crippen LogP contribution is 2.33. The molecule has 1 N–H and O–H groups in total. The average molecular weight is 443 g/mol. The van der Waals surface area contributed by atoms with E-state index in [1.165, 1.54) is 29.1 Å². The largest absolute Gasteiger partial charge is 0.337 e. The first-order chi connectivity index (χ1) is 11.2. The molecule has 0 unspecified atom stereocenters. The summed E-state index contributed by atoms with van der Waals surface area (Å²) >= 11 is 8.96. The van der Waals surface area contributed by atoms with Gasteiger partial charge in [0.2, 0.25) is 0 Å². The number of carbonyl (C=O) groups is 1. The molecule has 0 spiro atoms. The first kappa shape index (κ1) is 22.7. The van der Waals surface area contributed by atoms with Crippen LogP contribution in [-0.2, 0) is 0 Å². The van der Waals surface area contributed by atoms with Crippen LogP contribution in [0.4, 0.5) is 0 Å². The van der Waals surface area contributed by atoms with Gasteiger partial charge in [-0.3, -0.25) is 4.79 Å². The zero-order chi connectivity index (χ0) is 16.2. The Balaban J connectivity index is 0.00000156. The highest BCUT2D eigenvalue weighted by molar-refractivity contribution is 7.23. The molecule has 9 heteroatoms. The summed E-state index contributed by atoms with van der Waals surface area (Å²) in [5, 5.41) is 5.93. The maximum absolute atomic E-state index is 12.6. The number of rotatable bonds is 5. The number of nitrogens with zero attached hydrogens (tertiary/aromatic N) is 2. The van der Waals surface area contributed by atoms with Crippen LogP contribution in [0, 0.1) is 5.92 Å². The molecule has 0 aliphatic carbocycles. The number of amides is 1. The number of likely N-dealkylation sites (tertiary alicyclic amines) is 1. The lowest BCUT2D eigenvalue weighted by Crippen LogP contribution is -2.39. The number of carbonyl (C=O) groups excluding carboxylic acids is 1. The van der Waals surface area contributed by atoms with Crippen molar-refractivity contribution in [3.8, 4) is 9.88 Å². The predicted octanol–water partition coefficient (Wildman–Crippen LogP) is 4.83. The molecule has 3 heterocycles. The maximum Gasteiger partial charge on any atom is 0.273 e. The number of nitrogens with one attached hydrogen (secondary N) is 1. The summed E-state index contributed by atoms with van der Waals surface area (Å²) in [5.41, 5.74) is 0.559. The van der Waals surface area contributed by atoms with Gasteiger partial charge in [0.25, 0.3) is 5.91 Å². The van der Waals surface area contributed by atoms with Crippen LogP contribution in [0.15, 0.2) is 17.5 Å². The van der Waals surface area contributed by atoms with Gasteiger partial charge in [-0.1, -0.05) is 11.6 Å². The highest BCUT2D eigenvalue weighted by Gasteiger charge is 2.25. The molecule has 140 valence electrons. The monoisotopic (exact) mass is 441 g/mol. The summed E-state index contributed by atoms with van der Waals surface area (Å²) in [5.74, 6) is 0.785. The molecule has 3 rings (SSSR count). The van der Waals surface area contributed by atoms with E-state index >= 15 is 0 Å². The first-order valence-corrected chi connectivity index (χ1v) is 9.90. The Morgan fingerprint density at radius 3 is 2.68 bits per heavy atom. The lowest BCUT2D eigenvalue weighted by Gasteiger charge is -2.31. The van der Waals surface area contributed by atoms with Crippen molar-refractivity contribution in [3.63, 3.8) is 0 Å². The number of thiazole rings is 1. The second kappa shape index (κ2) is 10.7. The predicted molar refractivity (Wildman–Crippen MR) is 112 cm³/mol. The molecule has 2 aromatic heterocycles. The lowest BCUT2D eigenvalue weighted by atomic mass is 9.93. The molecule has 4 nitrogen and oxygen atoms in total. The van der Waals surface area contributed by atoms with Gasteiger partial charge in [0, 0.05) is 18.5 Å². The van der Waals surface area contributed by atoms with Gasteiger partial charge in [0.15, 0.2) is 0 Å². The third-order valence-corrected chi connectivity index (χ3v) is 6.45. The van der Waals surface area contributed by atoms with E-state index in [1.807, 2.05) is 29.5 Å². The van der Waals surface area contributed by atoms with Crippen LogP contribution in [0.25, 0.3) is 9.88 Å². The molecule has 1 amide bonds. The number of thiophene rings is 1. The summed E-state index contributed by atoms with van der Waals surface area (Å²) < 4.78 is 0.742. The van der Waals surface area contributed by atoms with Crippen molar-refractivity contribution < 1.29 is 4.79 Å². The van der Waals surface area contributed by atoms with Gasteiger partial charge in [0.1, 0.15) is 10.7 Å². The van der Waals surface area contributed by atoms with Crippen molar-refractivity contribution in [2.75, 3.05) is 26.7 Å². The molecule has 1 aliphatic rings. The summed E-state index contributed by atoms with van der Waals surface area (Å²) in [6.45, 7) is 2.73. The Kier molecular flexibility index (Phi) is 9.70. The van der Waals surface area contributed by atoms with E-state index in [1.54, 1.807) is 0 Å². The average Bonchev–Trinajstić information content (AvgIpc) is 3.21. The van der Waals surface area contributed by atoms with Gasteiger partial charge in [-0.25, -0.2) is 4.98 Å². The van der Waals surface area contributed by atoms with Crippen LogP contribution >= 0.6 is 59.1 Å². The van der Waals surface area contributed by atoms with Gasteiger partial charge in [-0.2, -0.15) is 0 Å². The van der Waals surface area contributed by atoms with E-state index in [0.717, 1.165) is 52.6 Å². The molecule has 0 saturated carbocycles. The van der Waals surface area contributed by atoms with E-state index in [0.29, 0.717) is 5.69 Å². The number of hydrogen-bond donors (Lipinski definition) is 1. The van der Waals surface area contributed by atoms with Crippen molar-refractivity contribution >= 4 is 65.0 Å². The van der Waals surface area contributed by atoms with Gasteiger partial charge < -0.3 is 10.2 Å². The Labute approximate surface area is 173 Å². The fraction of sp³-hybridized carbons (Fsp3) is 0.500. The van der Waals surface area contributed by atoms with Crippen LogP contribution in [0.5, 0.6) is 0 Å². The van der Waals surface area contributed by atoms with E-state index < -0.39 is 0 Å². The van der Waals surface area contributed by atoms with Crippen LogP contribution in [0.1, 0.15) is 29.8 Å². The number of piperidine rings is 1. The normalized spacial score (nSPS) is 14.7. The van der Waals surface area contributed by atoms with E-state index in [4.69, 9.17) is 11.6 Å². The fourth-order valence-corrected chi connectivity index (χ4v) is 4.76. The van der Waals surface area contributed by atoms with Crippen molar-refractivity contribution in [2.24, 2.45) is 5.92 Å². The van der Waals surface area contributed by atoms with Crippen LogP contribution in [0.3, 0.4) is 0 Å². The first-order valence-electron chi connectivity index (χ1n) is 7.82. The number of hydrogen-bond acceptors (Lipinski definition) is 5. The van der Waals surface area contributed by atoms with Crippen molar-refractivity contribution in [1.82, 2.24) is 15.2 Å². The minimum Gasteiger partial charge on any atom is -0.337 e. The maximum atomic E-state index is 12.6. The molecule has 1 fully saturated rings. The molecule has 2 aromatic rings. The Morgan fingerprint density at radius 1 is 1.36 bits per heavy atom. The topological polar surface area (TPSA) is 45.2 Å². The molecule has 25 heavy (non-hydrogen) atoms. The van der Waals surface area contributed by atoms with Crippen molar-refractivity contribution in [2.45, 2.75) is 19.3 Å². The Bertz CT molecular complexity index is 669. The zero-order valence-corrected chi connectivity index (χ0v) is 17.9. The third kappa shape index (κ3) is 5.81. The molecule has 0 radical (unpaired) electrons. The SMILES string of the molecule is CNCCC1CCN(C(=O)c2csc(-c3ccc(Cl)s3)n2)CC1.Cl.Cl. The Morgan fingerprint density at radius 2 is 2.08 bits per heavy atom.